The summed E-state index contributed by atoms with van der Waals surface area (Å²) >= 11 is 0. The lowest BCUT2D eigenvalue weighted by atomic mass is 9.94. The number of aliphatic hydroxyl groups is 1. The molecule has 1 heterocycles. The zero-order valence-corrected chi connectivity index (χ0v) is 21.1. The third kappa shape index (κ3) is 8.13. The number of non-ortho nitro benzene ring substituents is 2. The fourth-order valence-corrected chi connectivity index (χ4v) is 4.10. The number of hydrogen-bond acceptors (Lipinski definition) is 9. The number of β-amino-alcohol motifs (C(OH)–C–C–N with tert-alkyl or cyclic N) is 1. The van der Waals surface area contributed by atoms with Gasteiger partial charge in [0.25, 0.3) is 11.4 Å². The number of amides is 2. The zero-order chi connectivity index (χ0) is 27.9. The summed E-state index contributed by atoms with van der Waals surface area (Å²) in [5.41, 5.74) is 0.396. The molecule has 0 unspecified atom stereocenters. The molecular weight excluding hydrogens is 500 g/mol. The van der Waals surface area contributed by atoms with E-state index in [4.69, 9.17) is 9.47 Å². The molecule has 1 fully saturated rings. The predicted octanol–water partition coefficient (Wildman–Crippen LogP) is 4.06. The number of carbonyl (C=O) groups is 2. The van der Waals surface area contributed by atoms with Crippen molar-refractivity contribution in [2.24, 2.45) is 0 Å². The van der Waals surface area contributed by atoms with Crippen LogP contribution < -0.4 is 5.32 Å². The monoisotopic (exact) mass is 530 g/mol. The maximum absolute atomic E-state index is 12.7. The minimum Gasteiger partial charge on any atom is -0.445 e. The molecule has 0 bridgehead atoms. The number of nitro groups is 2. The molecule has 0 aliphatic carbocycles. The number of likely N-dealkylation sites (tertiary alicyclic amines) is 1. The number of hydrogen-bond donors (Lipinski definition) is 2. The summed E-state index contributed by atoms with van der Waals surface area (Å²) in [5.74, 6) is 0. The number of carbonyl (C=O) groups excluding carboxylic acids is 2. The predicted molar refractivity (Wildman–Crippen MR) is 134 cm³/mol. The number of ether oxygens (including phenoxy) is 2. The van der Waals surface area contributed by atoms with Crippen molar-refractivity contribution in [3.8, 4) is 0 Å². The summed E-state index contributed by atoms with van der Waals surface area (Å²) in [6.45, 7) is 3.62. The molecule has 2 atom stereocenters. The zero-order valence-electron chi connectivity index (χ0n) is 21.1. The van der Waals surface area contributed by atoms with Gasteiger partial charge in [0.1, 0.15) is 13.2 Å². The van der Waals surface area contributed by atoms with E-state index < -0.39 is 33.7 Å². The Hall–Kier alpha value is -4.26. The van der Waals surface area contributed by atoms with Crippen molar-refractivity contribution in [1.29, 1.82) is 0 Å². The van der Waals surface area contributed by atoms with E-state index in [-0.39, 0.29) is 37.2 Å². The molecule has 1 saturated heterocycles. The molecule has 2 amide bonds. The Morgan fingerprint density at radius 1 is 0.974 bits per heavy atom. The van der Waals surface area contributed by atoms with Crippen LogP contribution in [-0.2, 0) is 22.7 Å². The first-order valence-corrected chi connectivity index (χ1v) is 12.0. The average Bonchev–Trinajstić information content (AvgIpc) is 3.25. The van der Waals surface area contributed by atoms with E-state index in [0.29, 0.717) is 30.4 Å². The van der Waals surface area contributed by atoms with Gasteiger partial charge in [0.15, 0.2) is 0 Å². The SMILES string of the molecule is CC(C)(CC[C@@H]1C[C@@H](O)CN1C(=O)OCc1ccc([N+](=O)[O-])cc1)NC(=O)OCc1ccc([N+](=O)[O-])cc1. The van der Waals surface area contributed by atoms with Crippen LogP contribution in [0, 0.1) is 20.2 Å². The third-order valence-electron chi connectivity index (χ3n) is 6.20. The number of nitro benzene ring substituents is 2. The molecule has 1 aliphatic heterocycles. The van der Waals surface area contributed by atoms with Gasteiger partial charge in [0, 0.05) is 35.8 Å². The van der Waals surface area contributed by atoms with E-state index in [2.05, 4.69) is 5.32 Å². The molecule has 0 spiro atoms. The molecule has 2 N–H and O–H groups in total. The summed E-state index contributed by atoms with van der Waals surface area (Å²) in [4.78, 5) is 46.9. The van der Waals surface area contributed by atoms with Crippen LogP contribution in [0.15, 0.2) is 48.5 Å². The van der Waals surface area contributed by atoms with Crippen LogP contribution in [-0.4, -0.2) is 56.3 Å². The second kappa shape index (κ2) is 12.3. The molecule has 3 rings (SSSR count). The van der Waals surface area contributed by atoms with E-state index in [9.17, 15) is 34.9 Å². The third-order valence-corrected chi connectivity index (χ3v) is 6.20. The molecule has 0 aromatic heterocycles. The number of rotatable bonds is 10. The molecule has 13 nitrogen and oxygen atoms in total. The van der Waals surface area contributed by atoms with Gasteiger partial charge in [-0.3, -0.25) is 20.2 Å². The summed E-state index contributed by atoms with van der Waals surface area (Å²) in [5, 5.41) is 34.4. The highest BCUT2D eigenvalue weighted by Gasteiger charge is 2.36. The number of alkyl carbamates (subject to hydrolysis) is 1. The highest BCUT2D eigenvalue weighted by atomic mass is 16.6. The van der Waals surface area contributed by atoms with Crippen molar-refractivity contribution in [2.75, 3.05) is 6.54 Å². The van der Waals surface area contributed by atoms with Gasteiger partial charge < -0.3 is 24.8 Å². The number of nitrogens with one attached hydrogen (secondary N) is 1. The Labute approximate surface area is 218 Å². The Kier molecular flexibility index (Phi) is 9.18. The number of aliphatic hydroxyl groups excluding tert-OH is 1. The standard InChI is InChI=1S/C25H30N4O9/c1-25(2,26-23(31)37-15-17-3-7-19(8-4-17)28(33)34)12-11-21-13-22(30)14-27(21)24(32)38-16-18-5-9-20(10-6-18)29(35)36/h3-10,21-22,30H,11-16H2,1-2H3,(H,26,31)/t21-,22-/m1/s1. The Balaban J connectivity index is 1.46. The van der Waals surface area contributed by atoms with Crippen LogP contribution in [0.5, 0.6) is 0 Å². The molecular formula is C25H30N4O9. The first-order valence-electron chi connectivity index (χ1n) is 12.0. The molecule has 204 valence electrons. The minimum atomic E-state index is -0.699. The normalized spacial score (nSPS) is 17.1. The smallest absolute Gasteiger partial charge is 0.410 e. The van der Waals surface area contributed by atoms with Crippen LogP contribution in [0.1, 0.15) is 44.2 Å². The lowest BCUT2D eigenvalue weighted by Crippen LogP contribution is -2.45. The van der Waals surface area contributed by atoms with Gasteiger partial charge in [-0.1, -0.05) is 0 Å². The molecule has 1 aliphatic rings. The summed E-state index contributed by atoms with van der Waals surface area (Å²) in [6, 6.07) is 11.1. The van der Waals surface area contributed by atoms with Crippen LogP contribution in [0.2, 0.25) is 0 Å². The van der Waals surface area contributed by atoms with Gasteiger partial charge in [-0.15, -0.1) is 0 Å². The van der Waals surface area contributed by atoms with Crippen molar-refractivity contribution in [3.63, 3.8) is 0 Å². The fraction of sp³-hybridized carbons (Fsp3) is 0.440. The summed E-state index contributed by atoms with van der Waals surface area (Å²) < 4.78 is 10.6. The second-order valence-electron chi connectivity index (χ2n) is 9.72. The van der Waals surface area contributed by atoms with E-state index in [0.717, 1.165) is 0 Å². The van der Waals surface area contributed by atoms with Crippen molar-refractivity contribution < 1.29 is 34.0 Å². The number of benzene rings is 2. The molecule has 2 aromatic rings. The maximum atomic E-state index is 12.7. The number of nitrogens with zero attached hydrogens (tertiary/aromatic N) is 3. The largest absolute Gasteiger partial charge is 0.445 e. The summed E-state index contributed by atoms with van der Waals surface area (Å²) in [7, 11) is 0. The van der Waals surface area contributed by atoms with Gasteiger partial charge in [-0.25, -0.2) is 9.59 Å². The lowest BCUT2D eigenvalue weighted by Gasteiger charge is -2.30. The van der Waals surface area contributed by atoms with Crippen LogP contribution in [0.25, 0.3) is 0 Å². The molecule has 0 saturated carbocycles. The fourth-order valence-electron chi connectivity index (χ4n) is 4.10. The van der Waals surface area contributed by atoms with E-state index in [1.165, 1.54) is 53.4 Å². The first kappa shape index (κ1) is 28.3. The topological polar surface area (TPSA) is 174 Å². The van der Waals surface area contributed by atoms with E-state index in [1.54, 1.807) is 0 Å². The first-order chi connectivity index (χ1) is 17.9. The van der Waals surface area contributed by atoms with Crippen LogP contribution in [0.4, 0.5) is 21.0 Å². The van der Waals surface area contributed by atoms with Crippen molar-refractivity contribution >= 4 is 23.6 Å². The van der Waals surface area contributed by atoms with Crippen molar-refractivity contribution in [3.05, 3.63) is 79.9 Å². The van der Waals surface area contributed by atoms with E-state index >= 15 is 0 Å². The van der Waals surface area contributed by atoms with Crippen molar-refractivity contribution in [1.82, 2.24) is 10.2 Å². The van der Waals surface area contributed by atoms with Crippen molar-refractivity contribution in [2.45, 2.75) is 64.0 Å². The van der Waals surface area contributed by atoms with Crippen LogP contribution >= 0.6 is 0 Å². The van der Waals surface area contributed by atoms with Gasteiger partial charge in [-0.05, 0) is 68.5 Å². The Morgan fingerprint density at radius 2 is 1.47 bits per heavy atom. The van der Waals surface area contributed by atoms with Gasteiger partial charge in [-0.2, -0.15) is 0 Å². The van der Waals surface area contributed by atoms with E-state index in [1.807, 2.05) is 13.8 Å². The Morgan fingerprint density at radius 3 is 1.97 bits per heavy atom. The summed E-state index contributed by atoms with van der Waals surface area (Å²) in [6.07, 6.45) is -0.623. The molecule has 38 heavy (non-hydrogen) atoms. The molecule has 13 heteroatoms. The Bertz CT molecular complexity index is 1150. The minimum absolute atomic E-state index is 0.0525. The molecule has 2 aromatic carbocycles. The quantitative estimate of drug-likeness (QED) is 0.339. The molecule has 0 radical (unpaired) electrons. The average molecular weight is 531 g/mol. The van der Waals surface area contributed by atoms with Gasteiger partial charge in [0.05, 0.1) is 22.5 Å². The highest BCUT2D eigenvalue weighted by Crippen LogP contribution is 2.26. The highest BCUT2D eigenvalue weighted by molar-refractivity contribution is 5.69. The van der Waals surface area contributed by atoms with Gasteiger partial charge >= 0.3 is 12.2 Å². The second-order valence-corrected chi connectivity index (χ2v) is 9.72. The lowest BCUT2D eigenvalue weighted by molar-refractivity contribution is -0.385. The van der Waals surface area contributed by atoms with Crippen LogP contribution in [0.3, 0.4) is 0 Å². The maximum Gasteiger partial charge on any atom is 0.410 e. The van der Waals surface area contributed by atoms with Gasteiger partial charge in [0.2, 0.25) is 0 Å².